The molecule has 11 heavy (non-hydrogen) atoms. The summed E-state index contributed by atoms with van der Waals surface area (Å²) in [6.07, 6.45) is 0. The molecule has 0 heterocycles. The lowest BCUT2D eigenvalue weighted by molar-refractivity contribution is -0.130. The van der Waals surface area contributed by atoms with Crippen LogP contribution < -0.4 is 0 Å². The number of thiol groups is 1. The second-order valence-electron chi connectivity index (χ2n) is 1.81. The molecule has 1 aromatic rings. The van der Waals surface area contributed by atoms with E-state index in [-0.39, 0.29) is 0 Å². The highest BCUT2D eigenvalue weighted by molar-refractivity contribution is 7.74. The van der Waals surface area contributed by atoms with Crippen LogP contribution in [-0.2, 0) is 9.22 Å². The fraction of sp³-hybridized carbons (Fsp3) is 0. The van der Waals surface area contributed by atoms with Gasteiger partial charge in [-0.25, -0.2) is 4.79 Å². The van der Waals surface area contributed by atoms with Gasteiger partial charge in [-0.05, 0) is 12.1 Å². The van der Waals surface area contributed by atoms with Gasteiger partial charge in [0.1, 0.15) is 0 Å². The average Bonchev–Trinajstić information content (AvgIpc) is 2.07. The molecule has 0 N–H and O–H groups in total. The van der Waals surface area contributed by atoms with Gasteiger partial charge in [0.05, 0.1) is 5.56 Å². The Morgan fingerprint density at radius 2 is 1.91 bits per heavy atom. The number of benzene rings is 1. The topological polar surface area (TPSA) is 35.5 Å². The molecule has 0 saturated heterocycles. The van der Waals surface area contributed by atoms with Crippen LogP contribution in [0.3, 0.4) is 0 Å². The minimum Gasteiger partial charge on any atom is -0.281 e. The molecular formula is C7H6O3S. The first-order valence-electron chi connectivity index (χ1n) is 2.92. The summed E-state index contributed by atoms with van der Waals surface area (Å²) in [5.41, 5.74) is 0.432. The van der Waals surface area contributed by atoms with Gasteiger partial charge >= 0.3 is 5.97 Å². The molecule has 58 valence electrons. The van der Waals surface area contributed by atoms with E-state index in [9.17, 15) is 4.79 Å². The number of hydrogen-bond acceptors (Lipinski definition) is 4. The first-order valence-corrected chi connectivity index (χ1v) is 3.28. The van der Waals surface area contributed by atoms with Crippen molar-refractivity contribution in [1.29, 1.82) is 0 Å². The molecule has 0 aliphatic rings. The Morgan fingerprint density at radius 3 is 2.45 bits per heavy atom. The van der Waals surface area contributed by atoms with Crippen LogP contribution in [-0.4, -0.2) is 5.97 Å². The van der Waals surface area contributed by atoms with Crippen LogP contribution in [0.2, 0.25) is 0 Å². The lowest BCUT2D eigenvalue weighted by Gasteiger charge is -1.96. The molecule has 0 aromatic heterocycles. The van der Waals surface area contributed by atoms with Gasteiger partial charge in [0.25, 0.3) is 0 Å². The predicted octanol–water partition coefficient (Wildman–Crippen LogP) is 1.62. The second-order valence-corrected chi connectivity index (χ2v) is 1.96. The highest BCUT2D eigenvalue weighted by atomic mass is 32.1. The third-order valence-electron chi connectivity index (χ3n) is 1.12. The molecule has 0 aliphatic heterocycles. The third-order valence-corrected chi connectivity index (χ3v) is 1.20. The Kier molecular flexibility index (Phi) is 2.95. The van der Waals surface area contributed by atoms with Crippen LogP contribution in [0.5, 0.6) is 0 Å². The maximum atomic E-state index is 10.8. The zero-order valence-corrected chi connectivity index (χ0v) is 6.45. The van der Waals surface area contributed by atoms with Gasteiger partial charge in [0, 0.05) is 12.9 Å². The van der Waals surface area contributed by atoms with Gasteiger partial charge in [0.2, 0.25) is 0 Å². The Balaban J connectivity index is 2.69. The SMILES string of the molecule is O=C(OOS)c1ccccc1. The number of hydrogen-bond donors (Lipinski definition) is 1. The second kappa shape index (κ2) is 4.00. The van der Waals surface area contributed by atoms with E-state index >= 15 is 0 Å². The molecule has 0 spiro atoms. The Morgan fingerprint density at radius 1 is 1.27 bits per heavy atom. The first kappa shape index (κ1) is 8.10. The van der Waals surface area contributed by atoms with Crippen molar-refractivity contribution in [3.8, 4) is 0 Å². The molecule has 0 unspecified atom stereocenters. The van der Waals surface area contributed by atoms with Crippen LogP contribution >= 0.6 is 12.9 Å². The van der Waals surface area contributed by atoms with E-state index in [4.69, 9.17) is 0 Å². The van der Waals surface area contributed by atoms with Crippen molar-refractivity contribution in [3.05, 3.63) is 35.9 Å². The van der Waals surface area contributed by atoms with Crippen molar-refractivity contribution in [2.45, 2.75) is 0 Å². The molecule has 1 aromatic carbocycles. The van der Waals surface area contributed by atoms with Crippen LogP contribution in [0.25, 0.3) is 0 Å². The average molecular weight is 170 g/mol. The molecule has 0 bridgehead atoms. The molecule has 0 atom stereocenters. The van der Waals surface area contributed by atoms with Crippen molar-refractivity contribution >= 4 is 18.9 Å². The predicted molar refractivity (Wildman–Crippen MR) is 41.9 cm³/mol. The summed E-state index contributed by atoms with van der Waals surface area (Å²) in [6, 6.07) is 8.51. The first-order chi connectivity index (χ1) is 5.34. The molecular weight excluding hydrogens is 164 g/mol. The van der Waals surface area contributed by atoms with E-state index in [2.05, 4.69) is 22.1 Å². The molecule has 0 saturated carbocycles. The minimum absolute atomic E-state index is 0.432. The van der Waals surface area contributed by atoms with E-state index in [1.165, 1.54) is 0 Å². The van der Waals surface area contributed by atoms with Gasteiger partial charge in [-0.3, -0.25) is 4.89 Å². The molecule has 0 amide bonds. The van der Waals surface area contributed by atoms with Crippen LogP contribution in [0.4, 0.5) is 0 Å². The maximum absolute atomic E-state index is 10.8. The van der Waals surface area contributed by atoms with Gasteiger partial charge < -0.3 is 0 Å². The van der Waals surface area contributed by atoms with E-state index in [0.29, 0.717) is 5.56 Å². The summed E-state index contributed by atoms with van der Waals surface area (Å²) < 4.78 is 3.90. The zero-order valence-electron chi connectivity index (χ0n) is 5.56. The summed E-state index contributed by atoms with van der Waals surface area (Å²) in [5, 5.41) is 0. The molecule has 0 aliphatic carbocycles. The van der Waals surface area contributed by atoms with Gasteiger partial charge in [-0.1, -0.05) is 18.2 Å². The summed E-state index contributed by atoms with van der Waals surface area (Å²) in [4.78, 5) is 15.0. The number of rotatable bonds is 2. The van der Waals surface area contributed by atoms with Gasteiger partial charge in [-0.2, -0.15) is 0 Å². The maximum Gasteiger partial charge on any atom is 0.374 e. The monoisotopic (exact) mass is 170 g/mol. The molecule has 0 fully saturated rings. The normalized spacial score (nSPS) is 9.18. The molecule has 4 heteroatoms. The Bertz CT molecular complexity index is 235. The van der Waals surface area contributed by atoms with Crippen LogP contribution in [0, 0.1) is 0 Å². The molecule has 3 nitrogen and oxygen atoms in total. The lowest BCUT2D eigenvalue weighted by atomic mass is 10.2. The lowest BCUT2D eigenvalue weighted by Crippen LogP contribution is -2.01. The molecule has 0 radical (unpaired) electrons. The van der Waals surface area contributed by atoms with E-state index in [0.717, 1.165) is 0 Å². The minimum atomic E-state index is -0.555. The van der Waals surface area contributed by atoms with Crippen molar-refractivity contribution < 1.29 is 14.0 Å². The van der Waals surface area contributed by atoms with E-state index in [1.807, 2.05) is 0 Å². The Hall–Kier alpha value is -1.00. The largest absolute Gasteiger partial charge is 0.374 e. The highest BCUT2D eigenvalue weighted by Crippen LogP contribution is 2.01. The smallest absolute Gasteiger partial charge is 0.281 e. The van der Waals surface area contributed by atoms with E-state index < -0.39 is 5.97 Å². The van der Waals surface area contributed by atoms with Gasteiger partial charge in [-0.15, -0.1) is 4.33 Å². The highest BCUT2D eigenvalue weighted by Gasteiger charge is 2.04. The fourth-order valence-electron chi connectivity index (χ4n) is 0.656. The zero-order chi connectivity index (χ0) is 8.10. The van der Waals surface area contributed by atoms with Crippen molar-refractivity contribution in [2.24, 2.45) is 0 Å². The Labute approximate surface area is 69.5 Å². The number of carbonyl (C=O) groups is 1. The third kappa shape index (κ3) is 2.25. The van der Waals surface area contributed by atoms with E-state index in [1.54, 1.807) is 30.3 Å². The summed E-state index contributed by atoms with van der Waals surface area (Å²) in [5.74, 6) is -0.555. The van der Waals surface area contributed by atoms with Crippen molar-refractivity contribution in [3.63, 3.8) is 0 Å². The number of carbonyl (C=O) groups excluding carboxylic acids is 1. The standard InChI is InChI=1S/C7H6O3S/c8-7(9-10-11)6-4-2-1-3-5-6/h1-5,11H. The molecule has 1 rings (SSSR count). The fourth-order valence-corrected chi connectivity index (χ4v) is 0.724. The summed E-state index contributed by atoms with van der Waals surface area (Å²) in [6.45, 7) is 0. The summed E-state index contributed by atoms with van der Waals surface area (Å²) >= 11 is 3.27. The summed E-state index contributed by atoms with van der Waals surface area (Å²) in [7, 11) is 0. The van der Waals surface area contributed by atoms with Crippen LogP contribution in [0.1, 0.15) is 10.4 Å². The quantitative estimate of drug-likeness (QED) is 0.317. The van der Waals surface area contributed by atoms with Crippen molar-refractivity contribution in [1.82, 2.24) is 0 Å². The van der Waals surface area contributed by atoms with Crippen LogP contribution in [0.15, 0.2) is 30.3 Å². The van der Waals surface area contributed by atoms with Crippen molar-refractivity contribution in [2.75, 3.05) is 0 Å². The van der Waals surface area contributed by atoms with Gasteiger partial charge in [0.15, 0.2) is 0 Å².